The molecule has 0 aromatic carbocycles. The molecule has 0 aliphatic carbocycles. The third-order valence-corrected chi connectivity index (χ3v) is 3.05. The second-order valence-electron chi connectivity index (χ2n) is 3.38. The van der Waals surface area contributed by atoms with Gasteiger partial charge < -0.3 is 5.73 Å². The van der Waals surface area contributed by atoms with Crippen molar-refractivity contribution in [1.29, 1.82) is 0 Å². The summed E-state index contributed by atoms with van der Waals surface area (Å²) in [5.74, 6) is 0.640. The maximum atomic E-state index is 5.96. The molecule has 0 bridgehead atoms. The Morgan fingerprint density at radius 1 is 1.46 bits per heavy atom. The van der Waals surface area contributed by atoms with Crippen molar-refractivity contribution in [2.24, 2.45) is 11.7 Å². The number of thiophene rings is 1. The van der Waals surface area contributed by atoms with E-state index in [1.807, 2.05) is 12.1 Å². The highest BCUT2D eigenvalue weighted by molar-refractivity contribution is 7.16. The molecule has 1 rings (SSSR count). The van der Waals surface area contributed by atoms with Crippen molar-refractivity contribution in [3.63, 3.8) is 0 Å². The Hall–Kier alpha value is 0.240. The van der Waals surface area contributed by atoms with Gasteiger partial charge in [-0.1, -0.05) is 25.4 Å². The Labute approximate surface area is 94.7 Å². The zero-order chi connectivity index (χ0) is 9.14. The summed E-state index contributed by atoms with van der Waals surface area (Å²) >= 11 is 7.38. The Kier molecular flexibility index (Phi) is 5.97. The van der Waals surface area contributed by atoms with Gasteiger partial charge in [-0.3, -0.25) is 0 Å². The van der Waals surface area contributed by atoms with Crippen LogP contribution in [0.5, 0.6) is 0 Å². The van der Waals surface area contributed by atoms with Gasteiger partial charge in [-0.25, -0.2) is 0 Å². The molecule has 0 spiro atoms. The van der Waals surface area contributed by atoms with E-state index < -0.39 is 0 Å². The molecule has 0 radical (unpaired) electrons. The molecule has 0 amide bonds. The smallest absolute Gasteiger partial charge is 0.0931 e. The van der Waals surface area contributed by atoms with Crippen molar-refractivity contribution in [3.8, 4) is 0 Å². The fraction of sp³-hybridized carbons (Fsp3) is 0.556. The first-order valence-electron chi connectivity index (χ1n) is 4.10. The number of rotatable bonds is 3. The van der Waals surface area contributed by atoms with Gasteiger partial charge in [0.05, 0.1) is 4.34 Å². The maximum Gasteiger partial charge on any atom is 0.0931 e. The van der Waals surface area contributed by atoms with E-state index in [4.69, 9.17) is 17.3 Å². The molecule has 1 nitrogen and oxygen atoms in total. The normalized spacial score (nSPS) is 12.7. The van der Waals surface area contributed by atoms with Gasteiger partial charge >= 0.3 is 0 Å². The SMILES string of the molecule is CC(C)C[C@H](N)c1ccc(Cl)s1.Cl. The van der Waals surface area contributed by atoms with Crippen molar-refractivity contribution >= 4 is 35.3 Å². The minimum Gasteiger partial charge on any atom is -0.323 e. The summed E-state index contributed by atoms with van der Waals surface area (Å²) < 4.78 is 0.823. The van der Waals surface area contributed by atoms with Crippen LogP contribution in [-0.2, 0) is 0 Å². The first-order chi connectivity index (χ1) is 5.59. The standard InChI is InChI=1S/C9H14ClNS.ClH/c1-6(2)5-7(11)8-3-4-9(10)12-8;/h3-4,6-7H,5,11H2,1-2H3;1H/t7-;/m0./s1. The molecule has 0 unspecified atom stereocenters. The number of hydrogen-bond acceptors (Lipinski definition) is 2. The topological polar surface area (TPSA) is 26.0 Å². The zero-order valence-electron chi connectivity index (χ0n) is 7.79. The van der Waals surface area contributed by atoms with Gasteiger partial charge in [-0.2, -0.15) is 0 Å². The van der Waals surface area contributed by atoms with Crippen LogP contribution in [0.4, 0.5) is 0 Å². The maximum absolute atomic E-state index is 5.96. The minimum atomic E-state index is 0. The molecule has 76 valence electrons. The second kappa shape index (κ2) is 5.86. The third-order valence-electron chi connectivity index (χ3n) is 1.68. The van der Waals surface area contributed by atoms with E-state index in [0.29, 0.717) is 5.92 Å². The van der Waals surface area contributed by atoms with E-state index in [9.17, 15) is 0 Å². The Bertz CT molecular complexity index is 248. The molecule has 13 heavy (non-hydrogen) atoms. The van der Waals surface area contributed by atoms with Gasteiger partial charge in [0.1, 0.15) is 0 Å². The highest BCUT2D eigenvalue weighted by Crippen LogP contribution is 2.28. The fourth-order valence-electron chi connectivity index (χ4n) is 1.15. The van der Waals surface area contributed by atoms with Crippen molar-refractivity contribution in [2.75, 3.05) is 0 Å². The van der Waals surface area contributed by atoms with Gasteiger partial charge in [-0.15, -0.1) is 23.7 Å². The lowest BCUT2D eigenvalue weighted by Crippen LogP contribution is -2.11. The summed E-state index contributed by atoms with van der Waals surface area (Å²) in [4.78, 5) is 1.19. The lowest BCUT2D eigenvalue weighted by Gasteiger charge is -2.11. The van der Waals surface area contributed by atoms with Crippen LogP contribution in [0.2, 0.25) is 4.34 Å². The van der Waals surface area contributed by atoms with E-state index in [2.05, 4.69) is 13.8 Å². The number of nitrogens with two attached hydrogens (primary N) is 1. The largest absolute Gasteiger partial charge is 0.323 e. The molecule has 1 heterocycles. The zero-order valence-corrected chi connectivity index (χ0v) is 10.2. The summed E-state index contributed by atoms with van der Waals surface area (Å²) in [6, 6.07) is 4.07. The lowest BCUT2D eigenvalue weighted by molar-refractivity contribution is 0.515. The summed E-state index contributed by atoms with van der Waals surface area (Å²) in [6.45, 7) is 4.35. The van der Waals surface area contributed by atoms with Crippen LogP contribution in [0.3, 0.4) is 0 Å². The summed E-state index contributed by atoms with van der Waals surface area (Å²) in [6.07, 6.45) is 1.02. The molecule has 1 atom stereocenters. The van der Waals surface area contributed by atoms with Gasteiger partial charge in [0.15, 0.2) is 0 Å². The van der Waals surface area contributed by atoms with Crippen LogP contribution < -0.4 is 5.73 Å². The Balaban J connectivity index is 0.00000144. The predicted octanol–water partition coefficient (Wildman–Crippen LogP) is 3.87. The summed E-state index contributed by atoms with van der Waals surface area (Å²) in [7, 11) is 0. The lowest BCUT2D eigenvalue weighted by atomic mass is 10.0. The molecule has 0 saturated heterocycles. The van der Waals surface area contributed by atoms with Crippen LogP contribution in [0, 0.1) is 5.92 Å². The van der Waals surface area contributed by atoms with Crippen LogP contribution in [0.25, 0.3) is 0 Å². The van der Waals surface area contributed by atoms with E-state index in [0.717, 1.165) is 10.8 Å². The van der Waals surface area contributed by atoms with Crippen molar-refractivity contribution in [2.45, 2.75) is 26.3 Å². The molecular formula is C9H15Cl2NS. The molecule has 0 saturated carbocycles. The molecular weight excluding hydrogens is 225 g/mol. The molecule has 0 fully saturated rings. The van der Waals surface area contributed by atoms with Crippen molar-refractivity contribution in [3.05, 3.63) is 21.3 Å². The van der Waals surface area contributed by atoms with E-state index in [1.54, 1.807) is 11.3 Å². The average Bonchev–Trinajstić information content (AvgIpc) is 2.34. The van der Waals surface area contributed by atoms with Crippen LogP contribution in [-0.4, -0.2) is 0 Å². The molecule has 1 aromatic heterocycles. The summed E-state index contributed by atoms with van der Waals surface area (Å²) in [5.41, 5.74) is 5.96. The van der Waals surface area contributed by atoms with Crippen LogP contribution in [0.15, 0.2) is 12.1 Å². The first kappa shape index (κ1) is 13.2. The number of halogens is 2. The van der Waals surface area contributed by atoms with Gasteiger partial charge in [0, 0.05) is 10.9 Å². The molecule has 1 aromatic rings. The average molecular weight is 240 g/mol. The molecule has 0 aliphatic rings. The van der Waals surface area contributed by atoms with E-state index in [1.165, 1.54) is 4.88 Å². The van der Waals surface area contributed by atoms with E-state index in [-0.39, 0.29) is 18.4 Å². The Morgan fingerprint density at radius 3 is 2.46 bits per heavy atom. The van der Waals surface area contributed by atoms with Crippen molar-refractivity contribution in [1.82, 2.24) is 0 Å². The van der Waals surface area contributed by atoms with Gasteiger partial charge in [-0.05, 0) is 24.5 Å². The van der Waals surface area contributed by atoms with Crippen molar-refractivity contribution < 1.29 is 0 Å². The Morgan fingerprint density at radius 2 is 2.08 bits per heavy atom. The third kappa shape index (κ3) is 4.32. The minimum absolute atomic E-state index is 0. The predicted molar refractivity (Wildman–Crippen MR) is 63.0 cm³/mol. The number of hydrogen-bond donors (Lipinski definition) is 1. The fourth-order valence-corrected chi connectivity index (χ4v) is 2.23. The highest BCUT2D eigenvalue weighted by Gasteiger charge is 2.09. The van der Waals surface area contributed by atoms with Gasteiger partial charge in [0.2, 0.25) is 0 Å². The molecule has 4 heteroatoms. The van der Waals surface area contributed by atoms with Crippen LogP contribution >= 0.6 is 35.3 Å². The summed E-state index contributed by atoms with van der Waals surface area (Å²) in [5, 5.41) is 0. The second-order valence-corrected chi connectivity index (χ2v) is 5.12. The molecule has 0 aliphatic heterocycles. The van der Waals surface area contributed by atoms with E-state index >= 15 is 0 Å². The van der Waals surface area contributed by atoms with Crippen LogP contribution in [0.1, 0.15) is 31.2 Å². The highest BCUT2D eigenvalue weighted by atomic mass is 35.5. The first-order valence-corrected chi connectivity index (χ1v) is 5.30. The molecule has 2 N–H and O–H groups in total. The monoisotopic (exact) mass is 239 g/mol. The quantitative estimate of drug-likeness (QED) is 0.852. The van der Waals surface area contributed by atoms with Gasteiger partial charge in [0.25, 0.3) is 0 Å².